The van der Waals surface area contributed by atoms with Crippen molar-refractivity contribution in [2.75, 3.05) is 66.0 Å². The lowest BCUT2D eigenvalue weighted by atomic mass is 10.3. The summed E-state index contributed by atoms with van der Waals surface area (Å²) in [4.78, 5) is 31.6. The van der Waals surface area contributed by atoms with E-state index in [-0.39, 0.29) is 18.8 Å². The van der Waals surface area contributed by atoms with Gasteiger partial charge in [-0.3, -0.25) is 14.9 Å². The molecular formula is C18H26N2O10. The molecule has 12 heteroatoms. The Labute approximate surface area is 173 Å². The monoisotopic (exact) mass is 430 g/mol. The molecule has 0 radical (unpaired) electrons. The highest BCUT2D eigenvalue weighted by atomic mass is 16.6. The third kappa shape index (κ3) is 13.4. The molecule has 0 bridgehead atoms. The fraction of sp³-hybridized carbons (Fsp3) is 0.556. The second kappa shape index (κ2) is 16.0. The third-order valence-electron chi connectivity index (χ3n) is 3.32. The number of carboxylic acid groups (broad SMARTS) is 1. The molecule has 0 aliphatic heterocycles. The van der Waals surface area contributed by atoms with Crippen LogP contribution in [-0.2, 0) is 28.5 Å². The van der Waals surface area contributed by atoms with Gasteiger partial charge in [-0.25, -0.2) is 4.79 Å². The summed E-state index contributed by atoms with van der Waals surface area (Å²) < 4.78 is 26.0. The molecular weight excluding hydrogens is 404 g/mol. The van der Waals surface area contributed by atoms with Gasteiger partial charge in [-0.15, -0.1) is 0 Å². The van der Waals surface area contributed by atoms with Crippen molar-refractivity contribution in [3.05, 3.63) is 34.4 Å². The molecule has 0 aromatic heterocycles. The molecule has 168 valence electrons. The maximum absolute atomic E-state index is 11.3. The molecule has 0 unspecified atom stereocenters. The predicted molar refractivity (Wildman–Crippen MR) is 103 cm³/mol. The van der Waals surface area contributed by atoms with Gasteiger partial charge in [-0.1, -0.05) is 0 Å². The van der Waals surface area contributed by atoms with Crippen LogP contribution < -0.4 is 10.1 Å². The maximum Gasteiger partial charge on any atom is 0.329 e. The number of hydrogen-bond donors (Lipinski definition) is 2. The van der Waals surface area contributed by atoms with E-state index in [4.69, 9.17) is 24.1 Å². The summed E-state index contributed by atoms with van der Waals surface area (Å²) >= 11 is 0. The van der Waals surface area contributed by atoms with Crippen molar-refractivity contribution in [1.82, 2.24) is 5.32 Å². The smallest absolute Gasteiger partial charge is 0.329 e. The molecule has 0 spiro atoms. The summed E-state index contributed by atoms with van der Waals surface area (Å²) in [6.07, 6.45) is 0. The van der Waals surface area contributed by atoms with Crippen LogP contribution in [0.1, 0.15) is 0 Å². The first-order valence-electron chi connectivity index (χ1n) is 9.15. The van der Waals surface area contributed by atoms with Gasteiger partial charge in [0.05, 0.1) is 44.6 Å². The van der Waals surface area contributed by atoms with Crippen LogP contribution >= 0.6 is 0 Å². The SMILES string of the molecule is O=C(O)COCC(=O)NCCOCCOCCOCCOc1ccc([N+](=O)[O-])cc1. The zero-order valence-electron chi connectivity index (χ0n) is 16.4. The molecule has 0 saturated carbocycles. The Balaban J connectivity index is 1.84. The van der Waals surface area contributed by atoms with E-state index in [1.54, 1.807) is 0 Å². The molecule has 30 heavy (non-hydrogen) atoms. The normalized spacial score (nSPS) is 10.5. The molecule has 1 amide bonds. The molecule has 0 saturated heterocycles. The third-order valence-corrected chi connectivity index (χ3v) is 3.32. The van der Waals surface area contributed by atoms with Crippen molar-refractivity contribution in [2.45, 2.75) is 0 Å². The molecule has 2 N–H and O–H groups in total. The second-order valence-electron chi connectivity index (χ2n) is 5.67. The van der Waals surface area contributed by atoms with E-state index in [1.807, 2.05) is 0 Å². The number of carbonyl (C=O) groups is 2. The number of carbonyl (C=O) groups excluding carboxylic acids is 1. The van der Waals surface area contributed by atoms with Crippen LogP contribution in [0.3, 0.4) is 0 Å². The zero-order valence-corrected chi connectivity index (χ0v) is 16.4. The van der Waals surface area contributed by atoms with Crippen molar-refractivity contribution >= 4 is 17.6 Å². The number of nitro groups is 1. The van der Waals surface area contributed by atoms with E-state index in [9.17, 15) is 19.7 Å². The van der Waals surface area contributed by atoms with Gasteiger partial charge in [0, 0.05) is 18.7 Å². The maximum atomic E-state index is 11.3. The van der Waals surface area contributed by atoms with Gasteiger partial charge in [-0.2, -0.15) is 0 Å². The Morgan fingerprint density at radius 2 is 1.43 bits per heavy atom. The van der Waals surface area contributed by atoms with Crippen LogP contribution in [0.15, 0.2) is 24.3 Å². The molecule has 0 aliphatic carbocycles. The molecule has 1 rings (SSSR count). The predicted octanol–water partition coefficient (Wildman–Crippen LogP) is 0.241. The fourth-order valence-electron chi connectivity index (χ4n) is 1.97. The average Bonchev–Trinajstić information content (AvgIpc) is 2.71. The average molecular weight is 430 g/mol. The second-order valence-corrected chi connectivity index (χ2v) is 5.67. The van der Waals surface area contributed by atoms with Crippen LogP contribution in [0.4, 0.5) is 5.69 Å². The van der Waals surface area contributed by atoms with Crippen molar-refractivity contribution in [3.63, 3.8) is 0 Å². The van der Waals surface area contributed by atoms with E-state index in [0.717, 1.165) is 0 Å². The van der Waals surface area contributed by atoms with Crippen LogP contribution in [0.2, 0.25) is 0 Å². The molecule has 0 fully saturated rings. The molecule has 1 aromatic carbocycles. The van der Waals surface area contributed by atoms with Gasteiger partial charge in [0.2, 0.25) is 5.91 Å². The van der Waals surface area contributed by atoms with E-state index in [2.05, 4.69) is 10.1 Å². The Bertz CT molecular complexity index is 638. The van der Waals surface area contributed by atoms with Gasteiger partial charge < -0.3 is 34.1 Å². The van der Waals surface area contributed by atoms with Crippen molar-refractivity contribution < 1.29 is 43.3 Å². The quantitative estimate of drug-likeness (QED) is 0.188. The highest BCUT2D eigenvalue weighted by Gasteiger charge is 2.04. The van der Waals surface area contributed by atoms with Gasteiger partial charge in [-0.05, 0) is 12.1 Å². The minimum absolute atomic E-state index is 0.00654. The highest BCUT2D eigenvalue weighted by Crippen LogP contribution is 2.16. The first kappa shape index (κ1) is 25.2. The topological polar surface area (TPSA) is 156 Å². The molecule has 12 nitrogen and oxygen atoms in total. The Morgan fingerprint density at radius 3 is 2.00 bits per heavy atom. The number of hydrogen-bond acceptors (Lipinski definition) is 9. The van der Waals surface area contributed by atoms with Gasteiger partial charge >= 0.3 is 5.97 Å². The highest BCUT2D eigenvalue weighted by molar-refractivity contribution is 5.77. The molecule has 0 heterocycles. The lowest BCUT2D eigenvalue weighted by Gasteiger charge is -2.08. The first-order valence-corrected chi connectivity index (χ1v) is 9.15. The number of non-ortho nitro benzene ring substituents is 1. The lowest BCUT2D eigenvalue weighted by Crippen LogP contribution is -2.31. The van der Waals surface area contributed by atoms with Crippen molar-refractivity contribution in [3.8, 4) is 5.75 Å². The Hall–Kier alpha value is -2.80. The Morgan fingerprint density at radius 1 is 0.867 bits per heavy atom. The molecule has 0 atom stereocenters. The minimum Gasteiger partial charge on any atom is -0.491 e. The number of amides is 1. The standard InChI is InChI=1S/C18H26N2O10/c21-17(13-29-14-18(22)23)19-5-6-26-7-8-27-9-10-28-11-12-30-16-3-1-15(2-4-16)20(24)25/h1-4H,5-14H2,(H,19,21)(H,22,23). The number of rotatable bonds is 18. The van der Waals surface area contributed by atoms with Gasteiger partial charge in [0.1, 0.15) is 25.6 Å². The van der Waals surface area contributed by atoms with Crippen LogP contribution in [0, 0.1) is 10.1 Å². The summed E-state index contributed by atoms with van der Waals surface area (Å²) in [6.45, 7) is 1.92. The van der Waals surface area contributed by atoms with Crippen LogP contribution in [0.5, 0.6) is 5.75 Å². The number of benzene rings is 1. The summed E-state index contributed by atoms with van der Waals surface area (Å²) in [6, 6.07) is 5.80. The fourth-order valence-corrected chi connectivity index (χ4v) is 1.97. The largest absolute Gasteiger partial charge is 0.491 e. The summed E-state index contributed by atoms with van der Waals surface area (Å²) in [5.41, 5.74) is 0.00654. The summed E-state index contributed by atoms with van der Waals surface area (Å²) in [5.74, 6) is -1.01. The number of carboxylic acids is 1. The molecule has 1 aromatic rings. The van der Waals surface area contributed by atoms with Crippen LogP contribution in [0.25, 0.3) is 0 Å². The van der Waals surface area contributed by atoms with E-state index < -0.39 is 23.4 Å². The number of nitrogens with one attached hydrogen (secondary N) is 1. The minimum atomic E-state index is -1.13. The Kier molecular flexibility index (Phi) is 13.5. The van der Waals surface area contributed by atoms with Crippen LogP contribution in [-0.4, -0.2) is 87.9 Å². The first-order chi connectivity index (χ1) is 14.5. The number of aliphatic carboxylic acids is 1. The number of nitro benzene ring substituents is 1. The zero-order chi connectivity index (χ0) is 22.0. The van der Waals surface area contributed by atoms with E-state index >= 15 is 0 Å². The van der Waals surface area contributed by atoms with E-state index in [1.165, 1.54) is 24.3 Å². The van der Waals surface area contributed by atoms with E-state index in [0.29, 0.717) is 52.0 Å². The van der Waals surface area contributed by atoms with Gasteiger partial charge in [0.15, 0.2) is 0 Å². The lowest BCUT2D eigenvalue weighted by molar-refractivity contribution is -0.384. The number of nitrogens with zero attached hydrogens (tertiary/aromatic N) is 1. The summed E-state index contributed by atoms with van der Waals surface area (Å²) in [5, 5.41) is 21.4. The van der Waals surface area contributed by atoms with Crippen molar-refractivity contribution in [2.24, 2.45) is 0 Å². The number of ether oxygens (including phenoxy) is 5. The summed E-state index contributed by atoms with van der Waals surface area (Å²) in [7, 11) is 0. The molecule has 0 aliphatic rings. The van der Waals surface area contributed by atoms with Crippen molar-refractivity contribution in [1.29, 1.82) is 0 Å². The van der Waals surface area contributed by atoms with Gasteiger partial charge in [0.25, 0.3) is 5.69 Å².